The Morgan fingerprint density at radius 1 is 1.14 bits per heavy atom. The monoisotopic (exact) mass is 494 g/mol. The largest absolute Gasteiger partial charge is 0.401 e. The Labute approximate surface area is 203 Å². The second-order valence-corrected chi connectivity index (χ2v) is 9.29. The van der Waals surface area contributed by atoms with E-state index in [1.54, 1.807) is 29.5 Å². The van der Waals surface area contributed by atoms with Crippen LogP contribution in [0.3, 0.4) is 0 Å². The van der Waals surface area contributed by atoms with Crippen LogP contribution in [0.4, 0.5) is 13.2 Å². The third kappa shape index (κ3) is 4.00. The summed E-state index contributed by atoms with van der Waals surface area (Å²) < 4.78 is 47.4. The van der Waals surface area contributed by atoms with Crippen LogP contribution in [0.15, 0.2) is 49.2 Å². The smallest absolute Gasteiger partial charge is 0.377 e. The lowest BCUT2D eigenvalue weighted by Crippen LogP contribution is -2.64. The van der Waals surface area contributed by atoms with Crippen molar-refractivity contribution in [2.24, 2.45) is 0 Å². The van der Waals surface area contributed by atoms with Gasteiger partial charge in [-0.15, -0.1) is 0 Å². The first-order valence-corrected chi connectivity index (χ1v) is 11.4. The molecule has 0 spiro atoms. The van der Waals surface area contributed by atoms with Gasteiger partial charge in [0.05, 0.1) is 55.8 Å². The fraction of sp³-hybridized carbons (Fsp3) is 0.375. The quantitative estimate of drug-likeness (QED) is 0.405. The molecule has 2 fully saturated rings. The predicted octanol–water partition coefficient (Wildman–Crippen LogP) is 3.41. The number of ether oxygens (including phenoxy) is 1. The number of hydrogen-bond acceptors (Lipinski definition) is 7. The number of aromatic nitrogens is 6. The number of nitriles is 1. The lowest BCUT2D eigenvalue weighted by molar-refractivity contribution is -0.167. The summed E-state index contributed by atoms with van der Waals surface area (Å²) >= 11 is 0. The molecule has 184 valence electrons. The zero-order valence-electron chi connectivity index (χ0n) is 19.1. The maximum atomic E-state index is 12.8. The van der Waals surface area contributed by atoms with Gasteiger partial charge in [0.2, 0.25) is 0 Å². The number of alkyl halides is 3. The Hall–Kier alpha value is -3.82. The van der Waals surface area contributed by atoms with E-state index < -0.39 is 18.3 Å². The van der Waals surface area contributed by atoms with Gasteiger partial charge in [-0.2, -0.15) is 23.5 Å². The average molecular weight is 494 g/mol. The lowest BCUT2D eigenvalue weighted by Gasteiger charge is -2.49. The van der Waals surface area contributed by atoms with Crippen molar-refractivity contribution in [3.63, 3.8) is 0 Å². The minimum Gasteiger partial charge on any atom is -0.377 e. The van der Waals surface area contributed by atoms with Crippen molar-refractivity contribution in [3.05, 3.63) is 49.2 Å². The van der Waals surface area contributed by atoms with Crippen LogP contribution in [0.1, 0.15) is 12.5 Å². The molecule has 4 aromatic rings. The van der Waals surface area contributed by atoms with Gasteiger partial charge in [0, 0.05) is 37.1 Å². The summed E-state index contributed by atoms with van der Waals surface area (Å²) in [4.78, 5) is 15.1. The van der Waals surface area contributed by atoms with Crippen molar-refractivity contribution in [2.75, 3.05) is 32.8 Å². The average Bonchev–Trinajstić information content (AvgIpc) is 3.45. The molecule has 6 heterocycles. The predicted molar refractivity (Wildman–Crippen MR) is 123 cm³/mol. The molecule has 0 atom stereocenters. The van der Waals surface area contributed by atoms with Gasteiger partial charge in [-0.25, -0.2) is 9.97 Å². The Morgan fingerprint density at radius 2 is 1.97 bits per heavy atom. The summed E-state index contributed by atoms with van der Waals surface area (Å²) in [6.45, 7) is 0.485. The second kappa shape index (κ2) is 8.39. The third-order valence-electron chi connectivity index (χ3n) is 6.67. The van der Waals surface area contributed by atoms with Crippen LogP contribution >= 0.6 is 0 Å². The lowest BCUT2D eigenvalue weighted by atomic mass is 9.87. The summed E-state index contributed by atoms with van der Waals surface area (Å²) in [6.07, 6.45) is 2.86. The molecule has 4 aromatic heterocycles. The van der Waals surface area contributed by atoms with E-state index in [0.29, 0.717) is 36.0 Å². The maximum absolute atomic E-state index is 12.8. The first-order chi connectivity index (χ1) is 17.3. The van der Waals surface area contributed by atoms with Crippen LogP contribution in [-0.2, 0) is 10.3 Å². The van der Waals surface area contributed by atoms with E-state index in [4.69, 9.17) is 14.8 Å². The molecule has 0 aliphatic carbocycles. The fourth-order valence-corrected chi connectivity index (χ4v) is 4.82. The number of rotatable bonds is 6. The molecular formula is C24H21F3N8O. The molecule has 2 aliphatic rings. The van der Waals surface area contributed by atoms with E-state index in [2.05, 4.69) is 16.0 Å². The fourth-order valence-electron chi connectivity index (χ4n) is 4.82. The minimum absolute atomic E-state index is 0.0561. The van der Waals surface area contributed by atoms with Crippen molar-refractivity contribution >= 4 is 10.9 Å². The van der Waals surface area contributed by atoms with E-state index in [9.17, 15) is 18.4 Å². The highest BCUT2D eigenvalue weighted by molar-refractivity contribution is 5.93. The van der Waals surface area contributed by atoms with Crippen molar-refractivity contribution in [1.82, 2.24) is 34.2 Å². The number of imidazole rings is 1. The summed E-state index contributed by atoms with van der Waals surface area (Å²) in [5, 5.41) is 14.9. The first kappa shape index (κ1) is 22.6. The number of fused-ring (bicyclic) bond motifs is 1. The number of hydrogen-bond donors (Lipinski definition) is 0. The molecule has 0 radical (unpaired) electrons. The first-order valence-electron chi connectivity index (χ1n) is 11.4. The van der Waals surface area contributed by atoms with Gasteiger partial charge in [0.1, 0.15) is 22.6 Å². The molecule has 2 saturated heterocycles. The molecule has 0 amide bonds. The van der Waals surface area contributed by atoms with Crippen molar-refractivity contribution < 1.29 is 17.9 Å². The summed E-state index contributed by atoms with van der Waals surface area (Å²) in [7, 11) is 0. The molecule has 0 N–H and O–H groups in total. The highest BCUT2D eigenvalue weighted by Gasteiger charge is 2.48. The molecular weight excluding hydrogens is 473 g/mol. The number of pyridine rings is 2. The summed E-state index contributed by atoms with van der Waals surface area (Å²) in [6, 6.07) is 9.73. The summed E-state index contributed by atoms with van der Waals surface area (Å²) in [5.74, 6) is 0. The molecule has 6 rings (SSSR count). The molecule has 0 aromatic carbocycles. The molecule has 2 aliphatic heterocycles. The van der Waals surface area contributed by atoms with Gasteiger partial charge in [-0.3, -0.25) is 14.6 Å². The van der Waals surface area contributed by atoms with E-state index >= 15 is 0 Å². The second-order valence-electron chi connectivity index (χ2n) is 9.29. The Morgan fingerprint density at radius 3 is 2.69 bits per heavy atom. The Bertz CT molecular complexity index is 1460. The zero-order valence-corrected chi connectivity index (χ0v) is 19.1. The van der Waals surface area contributed by atoms with Crippen LogP contribution < -0.4 is 0 Å². The van der Waals surface area contributed by atoms with Crippen LogP contribution in [0.2, 0.25) is 0 Å². The van der Waals surface area contributed by atoms with Crippen LogP contribution in [0.5, 0.6) is 0 Å². The molecule has 0 bridgehead atoms. The van der Waals surface area contributed by atoms with Gasteiger partial charge in [-0.05, 0) is 24.3 Å². The van der Waals surface area contributed by atoms with Gasteiger partial charge < -0.3 is 9.30 Å². The van der Waals surface area contributed by atoms with Crippen LogP contribution in [-0.4, -0.2) is 73.2 Å². The zero-order chi connectivity index (χ0) is 24.9. The number of halogens is 3. The van der Waals surface area contributed by atoms with E-state index in [-0.39, 0.29) is 25.6 Å². The van der Waals surface area contributed by atoms with E-state index in [0.717, 1.165) is 10.9 Å². The number of likely N-dealkylation sites (tertiary alicyclic amines) is 1. The van der Waals surface area contributed by atoms with E-state index in [1.807, 2.05) is 29.0 Å². The summed E-state index contributed by atoms with van der Waals surface area (Å²) in [5.41, 5.74) is 2.38. The molecule has 36 heavy (non-hydrogen) atoms. The normalized spacial score (nSPS) is 18.1. The maximum Gasteiger partial charge on any atom is 0.401 e. The highest BCUT2D eigenvalue weighted by atomic mass is 19.4. The molecule has 12 heteroatoms. The molecule has 0 saturated carbocycles. The molecule has 9 nitrogen and oxygen atoms in total. The third-order valence-corrected chi connectivity index (χ3v) is 6.67. The number of nitrogens with zero attached hydrogens (tertiary/aromatic N) is 8. The minimum atomic E-state index is -4.29. The van der Waals surface area contributed by atoms with E-state index in [1.165, 1.54) is 4.90 Å². The standard InChI is InChI=1S/C24H21F3N8O/c25-24(26,27)14-33-12-23(13-33,4-5-28)35-7-3-18(32-35)22-17-2-1-6-29-19(17)8-20(31-22)21-9-34(15-30-21)16-10-36-11-16/h1-3,6-9,15-16H,4,10-14H2. The van der Waals surface area contributed by atoms with Gasteiger partial charge >= 0.3 is 6.18 Å². The van der Waals surface area contributed by atoms with Crippen LogP contribution in [0.25, 0.3) is 33.7 Å². The topological polar surface area (TPSA) is 97.7 Å². The van der Waals surface area contributed by atoms with Crippen molar-refractivity contribution in [2.45, 2.75) is 24.2 Å². The Kier molecular flexibility index (Phi) is 5.27. The van der Waals surface area contributed by atoms with Gasteiger partial charge in [0.25, 0.3) is 0 Å². The van der Waals surface area contributed by atoms with Gasteiger partial charge in [-0.1, -0.05) is 0 Å². The van der Waals surface area contributed by atoms with Crippen LogP contribution in [0, 0.1) is 11.3 Å². The Balaban J connectivity index is 1.35. The van der Waals surface area contributed by atoms with Crippen molar-refractivity contribution in [3.8, 4) is 28.8 Å². The highest BCUT2D eigenvalue weighted by Crippen LogP contribution is 2.36. The van der Waals surface area contributed by atoms with Gasteiger partial charge in [0.15, 0.2) is 0 Å². The SMILES string of the molecule is N#CCC1(n2ccc(-c3nc(-c4cn(C5COC5)cn4)cc4ncccc34)n2)CN(CC(F)(F)F)C1. The van der Waals surface area contributed by atoms with Crippen molar-refractivity contribution in [1.29, 1.82) is 5.26 Å². The molecule has 0 unspecified atom stereocenters.